The number of furan rings is 1. The average molecular weight is 622 g/mol. The number of benzene rings is 4. The van der Waals surface area contributed by atoms with E-state index >= 15 is 0 Å². The molecule has 0 N–H and O–H groups in total. The van der Waals surface area contributed by atoms with E-state index in [1.807, 2.05) is 64.1 Å². The average Bonchev–Trinajstić information content (AvgIpc) is 3.56. The first kappa shape index (κ1) is 34.8. The first-order valence-electron chi connectivity index (χ1n) is 15.7. The van der Waals surface area contributed by atoms with E-state index in [0.717, 1.165) is 16.2 Å². The zero-order chi connectivity index (χ0) is 36.2. The predicted molar refractivity (Wildman–Crippen MR) is 215 cm³/mol. The van der Waals surface area contributed by atoms with Gasteiger partial charge in [0.2, 0.25) is 0 Å². The third kappa shape index (κ3) is 5.23. The maximum atomic E-state index is 6.51. The quantitative estimate of drug-likeness (QED) is 0.186. The van der Waals surface area contributed by atoms with Gasteiger partial charge in [0, 0.05) is 21.9 Å². The second-order valence-corrected chi connectivity index (χ2v) is 13.5. The van der Waals surface area contributed by atoms with Gasteiger partial charge in [-0.05, 0) is 56.9 Å². The van der Waals surface area contributed by atoms with E-state index in [4.69, 9.17) is 102 Å². The van der Waals surface area contributed by atoms with Crippen LogP contribution < -0.4 is 60.1 Å². The number of fused-ring (bicyclic) bond motifs is 3. The lowest BCUT2D eigenvalue weighted by Crippen LogP contribution is -2.55. The van der Waals surface area contributed by atoms with Gasteiger partial charge in [-0.2, -0.15) is 0 Å². The second kappa shape index (κ2) is 12.0. The summed E-state index contributed by atoms with van der Waals surface area (Å²) in [4.78, 5) is 9.74. The highest BCUT2D eigenvalue weighted by molar-refractivity contribution is 6.70. The molecule has 0 atom stereocenters. The van der Waals surface area contributed by atoms with Gasteiger partial charge in [0.25, 0.3) is 0 Å². The van der Waals surface area contributed by atoms with Gasteiger partial charge in [0.15, 0.2) is 5.82 Å². The summed E-state index contributed by atoms with van der Waals surface area (Å²) in [5.41, 5.74) is 3.20. The van der Waals surface area contributed by atoms with Gasteiger partial charge in [-0.15, -0.1) is 32.8 Å². The summed E-state index contributed by atoms with van der Waals surface area (Å²) in [6, 6.07) is 13.1. The Kier molecular flexibility index (Phi) is 8.35. The van der Waals surface area contributed by atoms with E-state index in [1.165, 1.54) is 0 Å². The highest BCUT2D eigenvalue weighted by Gasteiger charge is 2.51. The molecule has 5 nitrogen and oxygen atoms in total. The Morgan fingerprint density at radius 1 is 0.540 bits per heavy atom. The molecule has 1 aliphatic rings. The van der Waals surface area contributed by atoms with Gasteiger partial charge in [0.1, 0.15) is 89.6 Å². The van der Waals surface area contributed by atoms with Gasteiger partial charge < -0.3 is 13.7 Å². The lowest BCUT2D eigenvalue weighted by molar-refractivity contribution is 0.00578. The molecule has 2 aromatic heterocycles. The summed E-state index contributed by atoms with van der Waals surface area (Å²) in [6.45, 7) is 8.02. The van der Waals surface area contributed by atoms with Crippen LogP contribution in [0.3, 0.4) is 0 Å². The van der Waals surface area contributed by atoms with E-state index in [2.05, 4.69) is 0 Å². The Labute approximate surface area is 305 Å². The third-order valence-electron chi connectivity index (χ3n) is 9.93. The van der Waals surface area contributed by atoms with Crippen LogP contribution in [0, 0.1) is 0 Å². The molecule has 1 saturated heterocycles. The molecule has 0 saturated carbocycles. The third-order valence-corrected chi connectivity index (χ3v) is 9.93. The van der Waals surface area contributed by atoms with Crippen LogP contribution in [0.25, 0.3) is 55.8 Å². The lowest BCUT2D eigenvalue weighted by atomic mass is 9.60. The number of hydrogen-bond acceptors (Lipinski definition) is 5. The van der Waals surface area contributed by atoms with Gasteiger partial charge >= 0.3 is 7.12 Å². The standard InChI is InChI=1S/C34H19B11N2O3/c1-33(2)34(3,4)50-45(49-33)12-8-9-17-14(10-12)19-13(6-5-7-18(19)48-17)15-11-16(20-22(35)26(39)30(43)27(40)23(20)36)47-32(46-15)21-24(37)28(41)31(44)29(42)25(21)38/h5-11H,1-4H3. The SMILES string of the molecule is [B]c1c([B])c([B])c(-c2cc(-c3cccc4oc5ccc(B6OC(C)(C)C(C)(C)O6)cc5c34)nc(-c3c([B])c([B])c([B])c([B])c3[B])n2)c([B])c1[B]. The smallest absolute Gasteiger partial charge is 0.456 e. The maximum absolute atomic E-state index is 6.51. The number of nitrogens with zero attached hydrogens (tertiary/aromatic N) is 2. The van der Waals surface area contributed by atoms with Crippen molar-refractivity contribution < 1.29 is 13.7 Å². The lowest BCUT2D eigenvalue weighted by Gasteiger charge is -2.32. The number of rotatable bonds is 4. The van der Waals surface area contributed by atoms with Crippen LogP contribution in [0.1, 0.15) is 27.7 Å². The van der Waals surface area contributed by atoms with E-state index in [-0.39, 0.29) is 77.3 Å². The van der Waals surface area contributed by atoms with Crippen molar-refractivity contribution in [2.75, 3.05) is 0 Å². The van der Waals surface area contributed by atoms with Gasteiger partial charge in [-0.1, -0.05) is 46.1 Å². The Morgan fingerprint density at radius 2 is 1.04 bits per heavy atom. The van der Waals surface area contributed by atoms with E-state index in [0.29, 0.717) is 22.4 Å². The minimum atomic E-state index is -0.599. The van der Waals surface area contributed by atoms with Crippen molar-refractivity contribution >= 4 is 168 Å². The molecule has 1 aliphatic heterocycles. The summed E-state index contributed by atoms with van der Waals surface area (Å²) in [7, 11) is 62.6. The number of hydrogen-bond donors (Lipinski definition) is 0. The van der Waals surface area contributed by atoms with Crippen LogP contribution >= 0.6 is 0 Å². The van der Waals surface area contributed by atoms with Crippen molar-refractivity contribution in [2.45, 2.75) is 38.9 Å². The Morgan fingerprint density at radius 3 is 1.60 bits per heavy atom. The summed E-state index contributed by atoms with van der Waals surface area (Å²) in [6.07, 6.45) is 0. The molecule has 7 rings (SSSR count). The van der Waals surface area contributed by atoms with Crippen LogP contribution in [-0.2, 0) is 9.31 Å². The molecule has 0 unspecified atom stereocenters. The van der Waals surface area contributed by atoms with Crippen LogP contribution in [-0.4, -0.2) is 107 Å². The Bertz CT molecular complexity index is 2270. The van der Waals surface area contributed by atoms with Crippen molar-refractivity contribution in [3.8, 4) is 33.9 Å². The molecule has 3 heterocycles. The minimum Gasteiger partial charge on any atom is -0.456 e. The molecule has 0 bridgehead atoms. The predicted octanol–water partition coefficient (Wildman–Crippen LogP) is -4.39. The Hall–Kier alpha value is -3.61. The van der Waals surface area contributed by atoms with Crippen molar-refractivity contribution in [3.05, 3.63) is 42.5 Å². The summed E-state index contributed by atoms with van der Waals surface area (Å²) >= 11 is 0. The van der Waals surface area contributed by atoms with Gasteiger partial charge in [0.05, 0.1) is 22.6 Å². The summed E-state index contributed by atoms with van der Waals surface area (Å²) in [5.74, 6) is 0.0568. The first-order chi connectivity index (χ1) is 23.4. The molecule has 4 aromatic carbocycles. The molecule has 50 heavy (non-hydrogen) atoms. The molecular formula is C34H19B11N2O3. The van der Waals surface area contributed by atoms with Crippen LogP contribution in [0.2, 0.25) is 0 Å². The fraction of sp³-hybridized carbons (Fsp3) is 0.176. The fourth-order valence-electron chi connectivity index (χ4n) is 6.22. The summed E-state index contributed by atoms with van der Waals surface area (Å²) in [5, 5.41) is 1.55. The molecule has 1 fully saturated rings. The van der Waals surface area contributed by atoms with E-state index < -0.39 is 18.3 Å². The monoisotopic (exact) mass is 624 g/mol. The van der Waals surface area contributed by atoms with Gasteiger partial charge in [-0.25, -0.2) is 9.97 Å². The van der Waals surface area contributed by atoms with E-state index in [1.54, 1.807) is 6.07 Å². The zero-order valence-electron chi connectivity index (χ0n) is 28.0. The molecule has 0 amide bonds. The second-order valence-electron chi connectivity index (χ2n) is 13.5. The number of aromatic nitrogens is 2. The molecule has 20 radical (unpaired) electrons. The highest BCUT2D eigenvalue weighted by Crippen LogP contribution is 2.39. The zero-order valence-corrected chi connectivity index (χ0v) is 28.0. The molecular weight excluding hydrogens is 603 g/mol. The Balaban J connectivity index is 1.53. The first-order valence-corrected chi connectivity index (χ1v) is 15.7. The molecule has 6 aromatic rings. The molecule has 0 spiro atoms. The van der Waals surface area contributed by atoms with Crippen LogP contribution in [0.4, 0.5) is 0 Å². The van der Waals surface area contributed by atoms with E-state index in [9.17, 15) is 0 Å². The van der Waals surface area contributed by atoms with Gasteiger partial charge in [-0.3, -0.25) is 0 Å². The van der Waals surface area contributed by atoms with Crippen molar-refractivity contribution in [1.29, 1.82) is 0 Å². The molecule has 0 aliphatic carbocycles. The van der Waals surface area contributed by atoms with Crippen molar-refractivity contribution in [1.82, 2.24) is 9.97 Å². The molecule has 216 valence electrons. The van der Waals surface area contributed by atoms with Crippen LogP contribution in [0.5, 0.6) is 0 Å². The van der Waals surface area contributed by atoms with Crippen molar-refractivity contribution in [2.24, 2.45) is 0 Å². The van der Waals surface area contributed by atoms with Crippen LogP contribution in [0.15, 0.2) is 46.9 Å². The minimum absolute atomic E-state index is 0.0282. The molecule has 16 heteroatoms. The highest BCUT2D eigenvalue weighted by atomic mass is 16.7. The summed E-state index contributed by atoms with van der Waals surface area (Å²) < 4.78 is 19.0. The largest absolute Gasteiger partial charge is 0.494 e. The fourth-order valence-corrected chi connectivity index (χ4v) is 6.22. The van der Waals surface area contributed by atoms with Crippen molar-refractivity contribution in [3.63, 3.8) is 0 Å². The maximum Gasteiger partial charge on any atom is 0.494 e. The normalized spacial score (nSPS) is 15.3. The topological polar surface area (TPSA) is 57.4 Å².